The second kappa shape index (κ2) is 7.03. The molecule has 1 aliphatic rings. The second-order valence-corrected chi connectivity index (χ2v) is 6.02. The lowest BCUT2D eigenvalue weighted by atomic mass is 9.86. The fourth-order valence-electron chi connectivity index (χ4n) is 2.35. The van der Waals surface area contributed by atoms with Crippen LogP contribution in [-0.2, 0) is 9.53 Å². The molecule has 1 saturated carbocycles. The molecule has 17 heavy (non-hydrogen) atoms. The van der Waals surface area contributed by atoms with Crippen LogP contribution in [0.3, 0.4) is 0 Å². The van der Waals surface area contributed by atoms with Crippen LogP contribution in [-0.4, -0.2) is 12.6 Å². The minimum Gasteiger partial charge on any atom is -0.465 e. The summed E-state index contributed by atoms with van der Waals surface area (Å²) < 4.78 is 5.35. The van der Waals surface area contributed by atoms with E-state index in [0.717, 1.165) is 18.8 Å². The van der Waals surface area contributed by atoms with Crippen molar-refractivity contribution in [2.75, 3.05) is 6.61 Å². The zero-order chi connectivity index (χ0) is 12.7. The van der Waals surface area contributed by atoms with Crippen molar-refractivity contribution in [3.05, 3.63) is 0 Å². The molecule has 0 spiro atoms. The van der Waals surface area contributed by atoms with E-state index in [1.807, 2.05) is 20.8 Å². The highest BCUT2D eigenvalue weighted by molar-refractivity contribution is 5.75. The number of ether oxygens (including phenoxy) is 1. The van der Waals surface area contributed by atoms with Crippen molar-refractivity contribution in [3.63, 3.8) is 0 Å². The van der Waals surface area contributed by atoms with E-state index in [4.69, 9.17) is 4.74 Å². The molecule has 2 nitrogen and oxygen atoms in total. The maximum Gasteiger partial charge on any atom is 0.311 e. The van der Waals surface area contributed by atoms with E-state index in [9.17, 15) is 4.79 Å². The first-order valence-corrected chi connectivity index (χ1v) is 7.23. The molecule has 0 bridgehead atoms. The van der Waals surface area contributed by atoms with E-state index in [1.165, 1.54) is 38.5 Å². The summed E-state index contributed by atoms with van der Waals surface area (Å²) in [6.45, 7) is 6.55. The smallest absolute Gasteiger partial charge is 0.311 e. The molecule has 1 fully saturated rings. The summed E-state index contributed by atoms with van der Waals surface area (Å²) in [5.41, 5.74) is -0.315. The number of carbonyl (C=O) groups is 1. The summed E-state index contributed by atoms with van der Waals surface area (Å²) >= 11 is 0. The van der Waals surface area contributed by atoms with E-state index in [0.29, 0.717) is 6.61 Å². The molecule has 100 valence electrons. The van der Waals surface area contributed by atoms with Gasteiger partial charge in [-0.05, 0) is 39.0 Å². The Morgan fingerprint density at radius 3 is 2.47 bits per heavy atom. The topological polar surface area (TPSA) is 26.3 Å². The Hall–Kier alpha value is -0.530. The minimum absolute atomic E-state index is 0.0383. The first kappa shape index (κ1) is 14.5. The van der Waals surface area contributed by atoms with Gasteiger partial charge in [0.1, 0.15) is 0 Å². The van der Waals surface area contributed by atoms with Gasteiger partial charge in [0.2, 0.25) is 0 Å². The normalized spacial score (nSPS) is 18.1. The molecule has 0 unspecified atom stereocenters. The van der Waals surface area contributed by atoms with Crippen LogP contribution in [0.1, 0.15) is 72.1 Å². The van der Waals surface area contributed by atoms with Crippen LogP contribution >= 0.6 is 0 Å². The number of carbonyl (C=O) groups excluding carboxylic acids is 1. The highest BCUT2D eigenvalue weighted by Crippen LogP contribution is 2.27. The average Bonchev–Trinajstić information content (AvgIpc) is 2.35. The average molecular weight is 240 g/mol. The third-order valence-electron chi connectivity index (χ3n) is 4.15. The van der Waals surface area contributed by atoms with Crippen LogP contribution < -0.4 is 0 Å². The highest BCUT2D eigenvalue weighted by atomic mass is 16.5. The molecule has 0 aromatic carbocycles. The standard InChI is InChI=1S/C15H28O2/c1-4-15(2,3)14(16)17-12-8-11-13-9-6-5-7-10-13/h13H,4-12H2,1-3H3. The van der Waals surface area contributed by atoms with E-state index in [2.05, 4.69) is 0 Å². The number of esters is 1. The van der Waals surface area contributed by atoms with E-state index in [-0.39, 0.29) is 11.4 Å². The Labute approximate surface area is 106 Å². The van der Waals surface area contributed by atoms with Gasteiger partial charge in [0, 0.05) is 0 Å². The molecule has 0 amide bonds. The van der Waals surface area contributed by atoms with Gasteiger partial charge in [-0.2, -0.15) is 0 Å². The number of hydrogen-bond donors (Lipinski definition) is 0. The molecule has 0 aromatic rings. The van der Waals surface area contributed by atoms with Crippen molar-refractivity contribution >= 4 is 5.97 Å². The molecule has 0 aromatic heterocycles. The van der Waals surface area contributed by atoms with Crippen LogP contribution in [0.15, 0.2) is 0 Å². The molecule has 2 heteroatoms. The lowest BCUT2D eigenvalue weighted by molar-refractivity contribution is -0.154. The Kier molecular flexibility index (Phi) is 6.01. The summed E-state index contributed by atoms with van der Waals surface area (Å²) in [4.78, 5) is 11.7. The zero-order valence-electron chi connectivity index (χ0n) is 11.8. The van der Waals surface area contributed by atoms with Gasteiger partial charge >= 0.3 is 5.97 Å². The largest absolute Gasteiger partial charge is 0.465 e. The van der Waals surface area contributed by atoms with Crippen molar-refractivity contribution < 1.29 is 9.53 Å². The number of rotatable bonds is 6. The summed E-state index contributed by atoms with van der Waals surface area (Å²) in [5, 5.41) is 0. The van der Waals surface area contributed by atoms with Crippen molar-refractivity contribution in [2.24, 2.45) is 11.3 Å². The monoisotopic (exact) mass is 240 g/mol. The molecule has 0 heterocycles. The Morgan fingerprint density at radius 2 is 1.88 bits per heavy atom. The predicted molar refractivity (Wildman–Crippen MR) is 70.8 cm³/mol. The molecular formula is C15H28O2. The molecule has 1 aliphatic carbocycles. The molecule has 1 rings (SSSR count). The van der Waals surface area contributed by atoms with Gasteiger partial charge in [0.15, 0.2) is 0 Å². The molecular weight excluding hydrogens is 212 g/mol. The van der Waals surface area contributed by atoms with Crippen LogP contribution in [0.5, 0.6) is 0 Å². The maximum atomic E-state index is 11.7. The Morgan fingerprint density at radius 1 is 1.24 bits per heavy atom. The maximum absolute atomic E-state index is 11.7. The van der Waals surface area contributed by atoms with Gasteiger partial charge < -0.3 is 4.74 Å². The number of hydrogen-bond acceptors (Lipinski definition) is 2. The van der Waals surface area contributed by atoms with Crippen LogP contribution in [0.25, 0.3) is 0 Å². The highest BCUT2D eigenvalue weighted by Gasteiger charge is 2.26. The predicted octanol–water partition coefficient (Wildman–Crippen LogP) is 4.33. The fourth-order valence-corrected chi connectivity index (χ4v) is 2.35. The summed E-state index contributed by atoms with van der Waals surface area (Å²) in [7, 11) is 0. The Balaban J connectivity index is 2.09. The van der Waals surface area contributed by atoms with Crippen LogP contribution in [0, 0.1) is 11.3 Å². The molecule has 0 atom stereocenters. The second-order valence-electron chi connectivity index (χ2n) is 6.02. The van der Waals surface area contributed by atoms with Gasteiger partial charge in [-0.1, -0.05) is 39.0 Å². The minimum atomic E-state index is -0.315. The lowest BCUT2D eigenvalue weighted by Gasteiger charge is -2.22. The third kappa shape index (κ3) is 5.10. The molecule has 0 aliphatic heterocycles. The molecule has 0 N–H and O–H groups in total. The summed E-state index contributed by atoms with van der Waals surface area (Å²) in [6, 6.07) is 0. The van der Waals surface area contributed by atoms with Gasteiger partial charge in [0.05, 0.1) is 12.0 Å². The van der Waals surface area contributed by atoms with Crippen LogP contribution in [0.2, 0.25) is 0 Å². The van der Waals surface area contributed by atoms with Crippen molar-refractivity contribution in [3.8, 4) is 0 Å². The Bertz CT molecular complexity index is 227. The van der Waals surface area contributed by atoms with Gasteiger partial charge in [-0.3, -0.25) is 4.79 Å². The van der Waals surface area contributed by atoms with Gasteiger partial charge in [-0.25, -0.2) is 0 Å². The SMILES string of the molecule is CCC(C)(C)C(=O)OCCCC1CCCCC1. The van der Waals surface area contributed by atoms with Crippen LogP contribution in [0.4, 0.5) is 0 Å². The van der Waals surface area contributed by atoms with Gasteiger partial charge in [0.25, 0.3) is 0 Å². The first-order chi connectivity index (χ1) is 8.06. The van der Waals surface area contributed by atoms with Crippen molar-refractivity contribution in [1.82, 2.24) is 0 Å². The van der Waals surface area contributed by atoms with Crippen molar-refractivity contribution in [1.29, 1.82) is 0 Å². The van der Waals surface area contributed by atoms with E-state index >= 15 is 0 Å². The van der Waals surface area contributed by atoms with Crippen molar-refractivity contribution in [2.45, 2.75) is 72.1 Å². The third-order valence-corrected chi connectivity index (χ3v) is 4.15. The molecule has 0 saturated heterocycles. The first-order valence-electron chi connectivity index (χ1n) is 7.23. The summed E-state index contributed by atoms with van der Waals surface area (Å²) in [6.07, 6.45) is 10.1. The van der Waals surface area contributed by atoms with E-state index < -0.39 is 0 Å². The quantitative estimate of drug-likeness (QED) is 0.510. The molecule has 0 radical (unpaired) electrons. The fraction of sp³-hybridized carbons (Fsp3) is 0.933. The lowest BCUT2D eigenvalue weighted by Crippen LogP contribution is -2.26. The van der Waals surface area contributed by atoms with E-state index in [1.54, 1.807) is 0 Å². The zero-order valence-corrected chi connectivity index (χ0v) is 11.8. The summed E-state index contributed by atoms with van der Waals surface area (Å²) in [5.74, 6) is 0.852. The van der Waals surface area contributed by atoms with Gasteiger partial charge in [-0.15, -0.1) is 0 Å².